The molecule has 1 aromatic carbocycles. The van der Waals surface area contributed by atoms with Crippen molar-refractivity contribution in [3.63, 3.8) is 0 Å². The molecule has 1 heterocycles. The smallest absolute Gasteiger partial charge is 0.281 e. The lowest BCUT2D eigenvalue weighted by molar-refractivity contribution is 0.0751. The highest BCUT2D eigenvalue weighted by Gasteiger charge is 2.33. The van der Waals surface area contributed by atoms with Gasteiger partial charge in [-0.15, -0.1) is 0 Å². The van der Waals surface area contributed by atoms with Crippen LogP contribution in [0.15, 0.2) is 24.3 Å². The minimum absolute atomic E-state index is 0.0690. The Morgan fingerprint density at radius 1 is 1.32 bits per heavy atom. The molecule has 1 saturated heterocycles. The number of piperidine rings is 1. The van der Waals surface area contributed by atoms with Gasteiger partial charge in [0.1, 0.15) is 0 Å². The van der Waals surface area contributed by atoms with E-state index < -0.39 is 16.3 Å². The van der Waals surface area contributed by atoms with Crippen molar-refractivity contribution in [2.75, 3.05) is 26.7 Å². The van der Waals surface area contributed by atoms with Gasteiger partial charge in [0.25, 0.3) is 10.2 Å². The second kappa shape index (κ2) is 7.27. The number of rotatable bonds is 5. The van der Waals surface area contributed by atoms with E-state index >= 15 is 0 Å². The van der Waals surface area contributed by atoms with E-state index in [1.807, 2.05) is 19.1 Å². The SMILES string of the molecule is CCN(C)S(=O)(=O)N1CCC([C@@H](O)c2ccc(Cl)cc2)CC1. The number of halogens is 1. The number of benzene rings is 1. The minimum atomic E-state index is -3.36. The summed E-state index contributed by atoms with van der Waals surface area (Å²) in [7, 11) is -1.78. The lowest BCUT2D eigenvalue weighted by Crippen LogP contribution is -2.46. The molecule has 1 atom stereocenters. The minimum Gasteiger partial charge on any atom is -0.388 e. The van der Waals surface area contributed by atoms with E-state index in [0.717, 1.165) is 5.56 Å². The van der Waals surface area contributed by atoms with E-state index in [4.69, 9.17) is 11.6 Å². The van der Waals surface area contributed by atoms with E-state index in [1.54, 1.807) is 19.2 Å². The van der Waals surface area contributed by atoms with Crippen LogP contribution >= 0.6 is 11.6 Å². The Labute approximate surface area is 137 Å². The Balaban J connectivity index is 1.98. The largest absolute Gasteiger partial charge is 0.388 e. The highest BCUT2D eigenvalue weighted by Crippen LogP contribution is 2.32. The molecule has 0 saturated carbocycles. The molecule has 0 spiro atoms. The highest BCUT2D eigenvalue weighted by atomic mass is 35.5. The van der Waals surface area contributed by atoms with Gasteiger partial charge in [-0.1, -0.05) is 30.7 Å². The third kappa shape index (κ3) is 3.81. The summed E-state index contributed by atoms with van der Waals surface area (Å²) in [4.78, 5) is 0. The Morgan fingerprint density at radius 3 is 2.36 bits per heavy atom. The monoisotopic (exact) mass is 346 g/mol. The van der Waals surface area contributed by atoms with Crippen molar-refractivity contribution in [3.8, 4) is 0 Å². The molecule has 7 heteroatoms. The van der Waals surface area contributed by atoms with E-state index in [-0.39, 0.29) is 5.92 Å². The second-order valence-electron chi connectivity index (χ2n) is 5.65. The molecular weight excluding hydrogens is 324 g/mol. The van der Waals surface area contributed by atoms with Crippen LogP contribution in [0.5, 0.6) is 0 Å². The van der Waals surface area contributed by atoms with Gasteiger partial charge in [-0.3, -0.25) is 0 Å². The summed E-state index contributed by atoms with van der Waals surface area (Å²) < 4.78 is 27.4. The maximum atomic E-state index is 12.3. The summed E-state index contributed by atoms with van der Waals surface area (Å²) in [6, 6.07) is 7.16. The number of hydrogen-bond donors (Lipinski definition) is 1. The fraction of sp³-hybridized carbons (Fsp3) is 0.600. The second-order valence-corrected chi connectivity index (χ2v) is 8.13. The average Bonchev–Trinajstić information content (AvgIpc) is 2.54. The Morgan fingerprint density at radius 2 is 1.86 bits per heavy atom. The topological polar surface area (TPSA) is 60.9 Å². The van der Waals surface area contributed by atoms with Crippen LogP contribution in [-0.2, 0) is 10.2 Å². The molecule has 0 radical (unpaired) electrons. The van der Waals surface area contributed by atoms with Crippen molar-refractivity contribution in [2.24, 2.45) is 5.92 Å². The van der Waals surface area contributed by atoms with Crippen LogP contribution in [0.3, 0.4) is 0 Å². The molecule has 0 bridgehead atoms. The third-order valence-corrected chi connectivity index (χ3v) is 6.64. The summed E-state index contributed by atoms with van der Waals surface area (Å²) >= 11 is 5.86. The van der Waals surface area contributed by atoms with Crippen molar-refractivity contribution in [2.45, 2.75) is 25.9 Å². The molecule has 1 aliphatic heterocycles. The molecule has 1 fully saturated rings. The number of nitrogens with zero attached hydrogens (tertiary/aromatic N) is 2. The van der Waals surface area contributed by atoms with Crippen LogP contribution in [0.2, 0.25) is 5.02 Å². The van der Waals surface area contributed by atoms with Gasteiger partial charge < -0.3 is 5.11 Å². The first kappa shape index (κ1) is 17.7. The number of hydrogen-bond acceptors (Lipinski definition) is 3. The zero-order valence-corrected chi connectivity index (χ0v) is 14.5. The van der Waals surface area contributed by atoms with Gasteiger partial charge in [-0.25, -0.2) is 0 Å². The van der Waals surface area contributed by atoms with Crippen molar-refractivity contribution in [1.29, 1.82) is 0 Å². The first-order chi connectivity index (χ1) is 10.4. The Bertz CT molecular complexity index is 583. The fourth-order valence-corrected chi connectivity index (χ4v) is 4.23. The molecule has 0 aliphatic carbocycles. The molecular formula is C15H23ClN2O3S. The summed E-state index contributed by atoms with van der Waals surface area (Å²) in [5.41, 5.74) is 0.830. The molecule has 0 unspecified atom stereocenters. The molecule has 2 rings (SSSR count). The Kier molecular flexibility index (Phi) is 5.85. The van der Waals surface area contributed by atoms with Crippen molar-refractivity contribution in [1.82, 2.24) is 8.61 Å². The van der Waals surface area contributed by atoms with Crippen molar-refractivity contribution in [3.05, 3.63) is 34.9 Å². The van der Waals surface area contributed by atoms with E-state index in [2.05, 4.69) is 0 Å². The summed E-state index contributed by atoms with van der Waals surface area (Å²) in [5, 5.41) is 11.1. The third-order valence-electron chi connectivity index (χ3n) is 4.32. The highest BCUT2D eigenvalue weighted by molar-refractivity contribution is 7.86. The average molecular weight is 347 g/mol. The first-order valence-corrected chi connectivity index (χ1v) is 9.28. The van der Waals surface area contributed by atoms with Gasteiger partial charge in [0.15, 0.2) is 0 Å². The molecule has 1 N–H and O–H groups in total. The van der Waals surface area contributed by atoms with Crippen molar-refractivity contribution < 1.29 is 13.5 Å². The lowest BCUT2D eigenvalue weighted by Gasteiger charge is -2.35. The summed E-state index contributed by atoms with van der Waals surface area (Å²) in [6.45, 7) is 3.16. The van der Waals surface area contributed by atoms with Crippen LogP contribution in [0.25, 0.3) is 0 Å². The molecule has 1 aromatic rings. The number of aliphatic hydroxyl groups is 1. The van der Waals surface area contributed by atoms with Gasteiger partial charge >= 0.3 is 0 Å². The van der Waals surface area contributed by atoms with Crippen molar-refractivity contribution >= 4 is 21.8 Å². The van der Waals surface area contributed by atoms with E-state index in [1.165, 1.54) is 8.61 Å². The Hall–Kier alpha value is -0.660. The van der Waals surface area contributed by atoms with Gasteiger partial charge in [0, 0.05) is 31.7 Å². The molecule has 124 valence electrons. The summed E-state index contributed by atoms with van der Waals surface area (Å²) in [6.07, 6.45) is 0.729. The fourth-order valence-electron chi connectivity index (χ4n) is 2.71. The van der Waals surface area contributed by atoms with Crippen LogP contribution in [0.1, 0.15) is 31.4 Å². The molecule has 5 nitrogen and oxygen atoms in total. The molecule has 22 heavy (non-hydrogen) atoms. The van der Waals surface area contributed by atoms with Crippen LogP contribution in [-0.4, -0.2) is 48.8 Å². The van der Waals surface area contributed by atoms with E-state index in [0.29, 0.717) is 37.5 Å². The quantitative estimate of drug-likeness (QED) is 0.889. The first-order valence-electron chi connectivity index (χ1n) is 7.51. The van der Waals surface area contributed by atoms with Crippen LogP contribution in [0, 0.1) is 5.92 Å². The normalized spacial score (nSPS) is 19.5. The van der Waals surface area contributed by atoms with E-state index in [9.17, 15) is 13.5 Å². The predicted octanol–water partition coefficient (Wildman–Crippen LogP) is 2.28. The van der Waals surface area contributed by atoms with Gasteiger partial charge in [-0.2, -0.15) is 17.0 Å². The standard InChI is InChI=1S/C15H23ClN2O3S/c1-3-17(2)22(20,21)18-10-8-13(9-11-18)15(19)12-4-6-14(16)7-5-12/h4-7,13,15,19H,3,8-11H2,1-2H3/t15-/m0/s1. The predicted molar refractivity (Wildman–Crippen MR) is 87.9 cm³/mol. The van der Waals surface area contributed by atoms with Crippen LogP contribution < -0.4 is 0 Å². The molecule has 0 amide bonds. The zero-order chi connectivity index (χ0) is 16.3. The van der Waals surface area contributed by atoms with Gasteiger partial charge in [0.2, 0.25) is 0 Å². The zero-order valence-electron chi connectivity index (χ0n) is 12.9. The maximum Gasteiger partial charge on any atom is 0.281 e. The maximum absolute atomic E-state index is 12.3. The summed E-state index contributed by atoms with van der Waals surface area (Å²) in [5.74, 6) is 0.0690. The molecule has 0 aromatic heterocycles. The van der Waals surface area contributed by atoms with Gasteiger partial charge in [0.05, 0.1) is 6.10 Å². The lowest BCUT2D eigenvalue weighted by atomic mass is 9.88. The number of aliphatic hydroxyl groups excluding tert-OH is 1. The molecule has 1 aliphatic rings. The van der Waals surface area contributed by atoms with Crippen LogP contribution in [0.4, 0.5) is 0 Å². The van der Waals surface area contributed by atoms with Gasteiger partial charge in [-0.05, 0) is 36.5 Å².